The van der Waals surface area contributed by atoms with Crippen molar-refractivity contribution in [2.24, 2.45) is 0 Å². The number of carbonyl (C=O) groups is 1. The number of nitrogens with one attached hydrogen (secondary N) is 2. The molecule has 7 heteroatoms. The first kappa shape index (κ1) is 16.9. The lowest BCUT2D eigenvalue weighted by atomic mass is 10.2. The molecular weight excluding hydrogens is 367 g/mol. The van der Waals surface area contributed by atoms with Gasteiger partial charge in [0.1, 0.15) is 12.4 Å². The molecule has 1 amide bonds. The number of amidine groups is 1. The number of hydrogen-bond acceptors (Lipinski definition) is 4. The van der Waals surface area contributed by atoms with E-state index in [4.69, 9.17) is 33.3 Å². The maximum absolute atomic E-state index is 11.6. The van der Waals surface area contributed by atoms with Crippen LogP contribution in [0, 0.1) is 5.41 Å². The molecule has 1 aliphatic rings. The SMILES string of the molecule is N=C1NC(=O)/C(=C\c2ccc(OCc3ccc(Cl)cc3Cl)cc2)S1. The van der Waals surface area contributed by atoms with Crippen LogP contribution in [0.15, 0.2) is 47.4 Å². The molecule has 1 aliphatic heterocycles. The lowest BCUT2D eigenvalue weighted by Crippen LogP contribution is -2.18. The highest BCUT2D eigenvalue weighted by Crippen LogP contribution is 2.26. The molecule has 0 radical (unpaired) electrons. The van der Waals surface area contributed by atoms with E-state index in [0.29, 0.717) is 27.3 Å². The molecule has 0 saturated carbocycles. The summed E-state index contributed by atoms with van der Waals surface area (Å²) in [6.07, 6.45) is 1.74. The number of hydrogen-bond donors (Lipinski definition) is 2. The summed E-state index contributed by atoms with van der Waals surface area (Å²) in [6.45, 7) is 0.339. The first-order valence-corrected chi connectivity index (χ1v) is 8.55. The second-order valence-electron chi connectivity index (χ2n) is 4.99. The van der Waals surface area contributed by atoms with Crippen LogP contribution in [0.2, 0.25) is 10.0 Å². The monoisotopic (exact) mass is 378 g/mol. The quantitative estimate of drug-likeness (QED) is 0.757. The fourth-order valence-corrected chi connectivity index (χ4v) is 3.22. The Kier molecular flexibility index (Phi) is 5.14. The van der Waals surface area contributed by atoms with Gasteiger partial charge in [0.15, 0.2) is 5.17 Å². The zero-order valence-electron chi connectivity index (χ0n) is 12.3. The van der Waals surface area contributed by atoms with E-state index in [1.54, 1.807) is 18.2 Å². The van der Waals surface area contributed by atoms with Gasteiger partial charge in [-0.25, -0.2) is 0 Å². The van der Waals surface area contributed by atoms with Crippen molar-refractivity contribution in [2.45, 2.75) is 6.61 Å². The Morgan fingerprint density at radius 2 is 1.92 bits per heavy atom. The van der Waals surface area contributed by atoms with Gasteiger partial charge < -0.3 is 10.1 Å². The minimum Gasteiger partial charge on any atom is -0.489 e. The zero-order valence-corrected chi connectivity index (χ0v) is 14.6. The predicted molar refractivity (Wildman–Crippen MR) is 98.7 cm³/mol. The van der Waals surface area contributed by atoms with E-state index in [1.165, 1.54) is 0 Å². The predicted octanol–water partition coefficient (Wildman–Crippen LogP) is 4.71. The van der Waals surface area contributed by atoms with Crippen LogP contribution in [-0.4, -0.2) is 11.1 Å². The van der Waals surface area contributed by atoms with Crippen molar-refractivity contribution in [1.82, 2.24) is 5.32 Å². The summed E-state index contributed by atoms with van der Waals surface area (Å²) in [5.41, 5.74) is 1.71. The molecule has 2 aromatic carbocycles. The van der Waals surface area contributed by atoms with Crippen LogP contribution in [0.4, 0.5) is 0 Å². The van der Waals surface area contributed by atoms with Crippen molar-refractivity contribution < 1.29 is 9.53 Å². The Morgan fingerprint density at radius 1 is 1.17 bits per heavy atom. The second kappa shape index (κ2) is 7.30. The summed E-state index contributed by atoms with van der Waals surface area (Å²) in [6, 6.07) is 12.6. The van der Waals surface area contributed by atoms with Gasteiger partial charge in [-0.1, -0.05) is 41.4 Å². The molecule has 24 heavy (non-hydrogen) atoms. The topological polar surface area (TPSA) is 62.2 Å². The lowest BCUT2D eigenvalue weighted by Gasteiger charge is -2.08. The summed E-state index contributed by atoms with van der Waals surface area (Å²) >= 11 is 13.1. The second-order valence-corrected chi connectivity index (χ2v) is 6.88. The van der Waals surface area contributed by atoms with E-state index in [9.17, 15) is 4.79 Å². The molecule has 1 saturated heterocycles. The van der Waals surface area contributed by atoms with Crippen LogP contribution in [0.5, 0.6) is 5.75 Å². The molecule has 4 nitrogen and oxygen atoms in total. The molecule has 0 spiro atoms. The van der Waals surface area contributed by atoms with Crippen LogP contribution < -0.4 is 10.1 Å². The van der Waals surface area contributed by atoms with Gasteiger partial charge in [-0.3, -0.25) is 10.2 Å². The van der Waals surface area contributed by atoms with Crippen molar-refractivity contribution in [3.8, 4) is 5.75 Å². The fourth-order valence-electron chi connectivity index (χ4n) is 2.05. The third-order valence-electron chi connectivity index (χ3n) is 3.25. The summed E-state index contributed by atoms with van der Waals surface area (Å²) < 4.78 is 5.71. The molecule has 1 heterocycles. The van der Waals surface area contributed by atoms with Gasteiger partial charge in [0.25, 0.3) is 5.91 Å². The average Bonchev–Trinajstić information content (AvgIpc) is 2.85. The molecule has 2 N–H and O–H groups in total. The van der Waals surface area contributed by atoms with Crippen LogP contribution >= 0.6 is 35.0 Å². The molecule has 0 bridgehead atoms. The minimum atomic E-state index is -0.247. The van der Waals surface area contributed by atoms with E-state index < -0.39 is 0 Å². The molecule has 0 aromatic heterocycles. The first-order valence-electron chi connectivity index (χ1n) is 6.97. The van der Waals surface area contributed by atoms with Crippen LogP contribution in [0.3, 0.4) is 0 Å². The van der Waals surface area contributed by atoms with Crippen LogP contribution in [-0.2, 0) is 11.4 Å². The van der Waals surface area contributed by atoms with E-state index in [0.717, 1.165) is 22.9 Å². The van der Waals surface area contributed by atoms with Crippen molar-refractivity contribution >= 4 is 52.1 Å². The standard InChI is InChI=1S/C17H12Cl2N2O2S/c18-12-4-3-11(14(19)8-12)9-23-13-5-1-10(2-6-13)7-15-16(22)21-17(20)24-15/h1-8H,9H2,(H2,20,21,22)/b15-7+. The normalized spacial score (nSPS) is 15.7. The highest BCUT2D eigenvalue weighted by molar-refractivity contribution is 8.18. The highest BCUT2D eigenvalue weighted by atomic mass is 35.5. The molecule has 2 aromatic rings. The van der Waals surface area contributed by atoms with Crippen LogP contribution in [0.1, 0.15) is 11.1 Å². The van der Waals surface area contributed by atoms with E-state index >= 15 is 0 Å². The maximum atomic E-state index is 11.6. The third kappa shape index (κ3) is 4.12. The smallest absolute Gasteiger partial charge is 0.264 e. The van der Waals surface area contributed by atoms with Crippen molar-refractivity contribution in [3.05, 3.63) is 68.5 Å². The molecule has 122 valence electrons. The summed E-state index contributed by atoms with van der Waals surface area (Å²) in [5.74, 6) is 0.446. The largest absolute Gasteiger partial charge is 0.489 e. The summed E-state index contributed by atoms with van der Waals surface area (Å²) in [4.78, 5) is 12.1. The lowest BCUT2D eigenvalue weighted by molar-refractivity contribution is -0.115. The summed E-state index contributed by atoms with van der Waals surface area (Å²) in [5, 5.41) is 11.2. The summed E-state index contributed by atoms with van der Waals surface area (Å²) in [7, 11) is 0. The average molecular weight is 379 g/mol. The molecule has 0 aliphatic carbocycles. The van der Waals surface area contributed by atoms with Gasteiger partial charge in [0, 0.05) is 15.6 Å². The van der Waals surface area contributed by atoms with Crippen molar-refractivity contribution in [3.63, 3.8) is 0 Å². The van der Waals surface area contributed by atoms with Gasteiger partial charge in [-0.05, 0) is 47.7 Å². The van der Waals surface area contributed by atoms with Crippen molar-refractivity contribution in [1.29, 1.82) is 5.41 Å². The Hall–Kier alpha value is -1.95. The Labute approximate surface area is 153 Å². The van der Waals surface area contributed by atoms with E-state index in [1.807, 2.05) is 30.3 Å². The number of amides is 1. The number of rotatable bonds is 4. The molecule has 0 atom stereocenters. The Balaban J connectivity index is 1.65. The molecular formula is C17H12Cl2N2O2S. The Morgan fingerprint density at radius 3 is 2.54 bits per heavy atom. The first-order chi connectivity index (χ1) is 11.5. The van der Waals surface area contributed by atoms with Gasteiger partial charge in [0.05, 0.1) is 4.91 Å². The third-order valence-corrected chi connectivity index (χ3v) is 4.67. The maximum Gasteiger partial charge on any atom is 0.264 e. The number of thioether (sulfide) groups is 1. The van der Waals surface area contributed by atoms with Gasteiger partial charge in [0.2, 0.25) is 0 Å². The van der Waals surface area contributed by atoms with E-state index in [2.05, 4.69) is 5.32 Å². The van der Waals surface area contributed by atoms with Gasteiger partial charge in [-0.15, -0.1) is 0 Å². The van der Waals surface area contributed by atoms with Crippen LogP contribution in [0.25, 0.3) is 6.08 Å². The highest BCUT2D eigenvalue weighted by Gasteiger charge is 2.21. The minimum absolute atomic E-state index is 0.144. The fraction of sp³-hybridized carbons (Fsp3) is 0.0588. The molecule has 0 unspecified atom stereocenters. The Bertz CT molecular complexity index is 835. The number of halogens is 2. The van der Waals surface area contributed by atoms with Gasteiger partial charge in [-0.2, -0.15) is 0 Å². The van der Waals surface area contributed by atoms with Gasteiger partial charge >= 0.3 is 0 Å². The molecule has 1 fully saturated rings. The van der Waals surface area contributed by atoms with Crippen molar-refractivity contribution in [2.75, 3.05) is 0 Å². The number of carbonyl (C=O) groups excluding carboxylic acids is 1. The van der Waals surface area contributed by atoms with E-state index in [-0.39, 0.29) is 11.1 Å². The number of benzene rings is 2. The number of ether oxygens (including phenoxy) is 1. The molecule has 3 rings (SSSR count). The zero-order chi connectivity index (χ0) is 17.1.